The van der Waals surface area contributed by atoms with Crippen molar-refractivity contribution in [3.05, 3.63) is 76.3 Å². The van der Waals surface area contributed by atoms with Gasteiger partial charge in [-0.15, -0.1) is 10.2 Å². The highest BCUT2D eigenvalue weighted by molar-refractivity contribution is 6.32. The first kappa shape index (κ1) is 19.9. The molecule has 0 radical (unpaired) electrons. The zero-order valence-corrected chi connectivity index (χ0v) is 17.7. The van der Waals surface area contributed by atoms with Crippen molar-refractivity contribution in [3.63, 3.8) is 0 Å². The van der Waals surface area contributed by atoms with Gasteiger partial charge in [-0.1, -0.05) is 29.3 Å². The van der Waals surface area contributed by atoms with Crippen molar-refractivity contribution in [1.29, 1.82) is 0 Å². The van der Waals surface area contributed by atoms with Gasteiger partial charge in [0.15, 0.2) is 0 Å². The molecule has 0 aliphatic heterocycles. The Bertz CT molecular complexity index is 1230. The monoisotopic (exact) mass is 420 g/mol. The molecule has 0 spiro atoms. The number of rotatable bonds is 5. The van der Waals surface area contributed by atoms with Gasteiger partial charge in [0.05, 0.1) is 17.3 Å². The van der Waals surface area contributed by atoms with E-state index in [9.17, 15) is 4.79 Å². The van der Waals surface area contributed by atoms with Crippen LogP contribution in [0, 0.1) is 13.8 Å². The maximum atomic E-state index is 12.7. The largest absolute Gasteiger partial charge is 0.492 e. The quantitative estimate of drug-likeness (QED) is 0.473. The summed E-state index contributed by atoms with van der Waals surface area (Å²) in [5, 5.41) is 12.4. The molecule has 7 heteroatoms. The van der Waals surface area contributed by atoms with Crippen LogP contribution >= 0.6 is 11.6 Å². The summed E-state index contributed by atoms with van der Waals surface area (Å²) in [5.41, 5.74) is 5.52. The Kier molecular flexibility index (Phi) is 5.42. The first-order chi connectivity index (χ1) is 14.4. The summed E-state index contributed by atoms with van der Waals surface area (Å²) in [4.78, 5) is 14.3. The van der Waals surface area contributed by atoms with E-state index in [-0.39, 0.29) is 5.91 Å². The van der Waals surface area contributed by atoms with Crippen molar-refractivity contribution in [2.24, 2.45) is 0 Å². The van der Waals surface area contributed by atoms with Gasteiger partial charge < -0.3 is 10.1 Å². The van der Waals surface area contributed by atoms with E-state index < -0.39 is 0 Å². The zero-order valence-electron chi connectivity index (χ0n) is 16.9. The molecule has 0 bridgehead atoms. The first-order valence-electron chi connectivity index (χ1n) is 9.63. The number of nitrogens with zero attached hydrogens (tertiary/aromatic N) is 3. The number of aryl methyl sites for hydroxylation is 2. The Morgan fingerprint density at radius 2 is 1.73 bits per heavy atom. The van der Waals surface area contributed by atoms with Crippen molar-refractivity contribution in [1.82, 2.24) is 15.0 Å². The third-order valence-corrected chi connectivity index (χ3v) is 5.03. The minimum absolute atomic E-state index is 0.256. The van der Waals surface area contributed by atoms with E-state index in [1.807, 2.05) is 57.2 Å². The summed E-state index contributed by atoms with van der Waals surface area (Å²) in [6.07, 6.45) is 0. The van der Waals surface area contributed by atoms with E-state index in [1.54, 1.807) is 23.0 Å². The lowest BCUT2D eigenvalue weighted by Gasteiger charge is -2.10. The van der Waals surface area contributed by atoms with Gasteiger partial charge >= 0.3 is 0 Å². The molecule has 0 saturated heterocycles. The van der Waals surface area contributed by atoms with Gasteiger partial charge in [-0.3, -0.25) is 4.79 Å². The third kappa shape index (κ3) is 4.00. The lowest BCUT2D eigenvalue weighted by molar-refractivity contribution is 0.102. The van der Waals surface area contributed by atoms with Crippen molar-refractivity contribution >= 4 is 34.2 Å². The number of nitrogens with one attached hydrogen (secondary N) is 1. The molecular weight excluding hydrogens is 400 g/mol. The predicted octanol–water partition coefficient (Wildman–Crippen LogP) is 5.34. The second-order valence-electron chi connectivity index (χ2n) is 7.01. The van der Waals surface area contributed by atoms with Crippen LogP contribution in [0.2, 0.25) is 5.02 Å². The molecule has 1 aromatic heterocycles. The number of amides is 1. The van der Waals surface area contributed by atoms with E-state index in [4.69, 9.17) is 16.3 Å². The minimum atomic E-state index is -0.256. The maximum Gasteiger partial charge on any atom is 0.255 e. The zero-order chi connectivity index (χ0) is 21.3. The fourth-order valence-corrected chi connectivity index (χ4v) is 3.34. The van der Waals surface area contributed by atoms with Crippen molar-refractivity contribution in [3.8, 4) is 11.4 Å². The Morgan fingerprint density at radius 1 is 1.03 bits per heavy atom. The number of anilines is 1. The van der Waals surface area contributed by atoms with Crippen LogP contribution in [0.5, 0.6) is 5.75 Å². The highest BCUT2D eigenvalue weighted by Gasteiger charge is 2.13. The number of carbonyl (C=O) groups is 1. The molecule has 0 aliphatic rings. The van der Waals surface area contributed by atoms with Gasteiger partial charge in [0.2, 0.25) is 0 Å². The number of ether oxygens (including phenoxy) is 1. The molecule has 0 fully saturated rings. The molecule has 1 N–H and O–H groups in total. The number of carbonyl (C=O) groups excluding carboxylic acids is 1. The van der Waals surface area contributed by atoms with Gasteiger partial charge in [-0.2, -0.15) is 4.80 Å². The Balaban J connectivity index is 1.61. The van der Waals surface area contributed by atoms with Gasteiger partial charge in [0.25, 0.3) is 5.91 Å². The highest BCUT2D eigenvalue weighted by atomic mass is 35.5. The standard InChI is InChI=1S/C23H21ClN4O2/c1-4-30-22-10-7-16(12-18(22)24)23(29)25-19-13-21-20(11-15(19)3)26-28(27-21)17-8-5-14(2)6-9-17/h5-13H,4H2,1-3H3,(H,25,29). The SMILES string of the molecule is CCOc1ccc(C(=O)Nc2cc3nn(-c4ccc(C)cc4)nc3cc2C)cc1Cl. The summed E-state index contributed by atoms with van der Waals surface area (Å²) < 4.78 is 5.42. The fourth-order valence-electron chi connectivity index (χ4n) is 3.11. The predicted molar refractivity (Wildman–Crippen MR) is 119 cm³/mol. The number of fused-ring (bicyclic) bond motifs is 1. The number of halogens is 1. The summed E-state index contributed by atoms with van der Waals surface area (Å²) in [7, 11) is 0. The molecule has 6 nitrogen and oxygen atoms in total. The molecule has 30 heavy (non-hydrogen) atoms. The van der Waals surface area contributed by atoms with Crippen LogP contribution < -0.4 is 10.1 Å². The fraction of sp³-hybridized carbons (Fsp3) is 0.174. The Labute approximate surface area is 179 Å². The topological polar surface area (TPSA) is 69.0 Å². The normalized spacial score (nSPS) is 10.9. The van der Waals surface area contributed by atoms with E-state index in [0.717, 1.165) is 16.8 Å². The molecule has 0 aliphatic carbocycles. The van der Waals surface area contributed by atoms with Crippen molar-refractivity contribution in [2.45, 2.75) is 20.8 Å². The van der Waals surface area contributed by atoms with Crippen LogP contribution in [0.1, 0.15) is 28.4 Å². The number of benzene rings is 3. The van der Waals surface area contributed by atoms with Crippen molar-refractivity contribution < 1.29 is 9.53 Å². The summed E-state index contributed by atoms with van der Waals surface area (Å²) in [5.74, 6) is 0.300. The van der Waals surface area contributed by atoms with E-state index in [0.29, 0.717) is 34.1 Å². The summed E-state index contributed by atoms with van der Waals surface area (Å²) >= 11 is 6.21. The molecule has 1 amide bonds. The van der Waals surface area contributed by atoms with E-state index in [2.05, 4.69) is 15.5 Å². The smallest absolute Gasteiger partial charge is 0.255 e. The van der Waals surface area contributed by atoms with Crippen molar-refractivity contribution in [2.75, 3.05) is 11.9 Å². The van der Waals surface area contributed by atoms with Gasteiger partial charge in [-0.05, 0) is 68.8 Å². The number of hydrogen-bond acceptors (Lipinski definition) is 4. The maximum absolute atomic E-state index is 12.7. The van der Waals surface area contributed by atoms with Crippen LogP contribution in [-0.4, -0.2) is 27.5 Å². The molecule has 4 aromatic rings. The lowest BCUT2D eigenvalue weighted by atomic mass is 10.1. The minimum Gasteiger partial charge on any atom is -0.492 e. The highest BCUT2D eigenvalue weighted by Crippen LogP contribution is 2.27. The lowest BCUT2D eigenvalue weighted by Crippen LogP contribution is -2.13. The molecule has 4 rings (SSSR count). The molecule has 152 valence electrons. The summed E-state index contributed by atoms with van der Waals surface area (Å²) in [6, 6.07) is 16.7. The van der Waals surface area contributed by atoms with Gasteiger partial charge in [0, 0.05) is 11.3 Å². The second-order valence-corrected chi connectivity index (χ2v) is 7.42. The van der Waals surface area contributed by atoms with Crippen LogP contribution in [0.3, 0.4) is 0 Å². The molecular formula is C23H21ClN4O2. The number of hydrogen-bond donors (Lipinski definition) is 1. The van der Waals surface area contributed by atoms with E-state index in [1.165, 1.54) is 5.56 Å². The molecule has 0 unspecified atom stereocenters. The first-order valence-corrected chi connectivity index (χ1v) is 10.0. The molecule has 3 aromatic carbocycles. The van der Waals surface area contributed by atoms with Crippen LogP contribution in [-0.2, 0) is 0 Å². The van der Waals surface area contributed by atoms with E-state index >= 15 is 0 Å². The third-order valence-electron chi connectivity index (χ3n) is 4.73. The summed E-state index contributed by atoms with van der Waals surface area (Å²) in [6.45, 7) is 6.34. The number of aromatic nitrogens is 3. The van der Waals surface area contributed by atoms with Gasteiger partial charge in [-0.25, -0.2) is 0 Å². The average Bonchev–Trinajstić information content (AvgIpc) is 3.13. The van der Waals surface area contributed by atoms with Crippen LogP contribution in [0.4, 0.5) is 5.69 Å². The van der Waals surface area contributed by atoms with Gasteiger partial charge in [0.1, 0.15) is 16.8 Å². The Hall–Kier alpha value is -3.38. The van der Waals surface area contributed by atoms with Crippen LogP contribution in [0.15, 0.2) is 54.6 Å². The Morgan fingerprint density at radius 3 is 2.40 bits per heavy atom. The second kappa shape index (κ2) is 8.16. The molecule has 0 saturated carbocycles. The van der Waals surface area contributed by atoms with Crippen LogP contribution in [0.25, 0.3) is 16.7 Å². The molecule has 1 heterocycles. The average molecular weight is 421 g/mol. The molecule has 0 atom stereocenters.